The van der Waals surface area contributed by atoms with E-state index in [1.807, 2.05) is 18.2 Å². The molecule has 4 heteroatoms. The lowest BCUT2D eigenvalue weighted by Crippen LogP contribution is -2.12. The highest BCUT2D eigenvalue weighted by Gasteiger charge is 2.18. The van der Waals surface area contributed by atoms with E-state index in [2.05, 4.69) is 27.4 Å². The molecule has 1 fully saturated rings. The highest BCUT2D eigenvalue weighted by molar-refractivity contribution is 8.00. The van der Waals surface area contributed by atoms with E-state index in [0.29, 0.717) is 11.2 Å². The van der Waals surface area contributed by atoms with Crippen LogP contribution in [0.4, 0.5) is 5.95 Å². The first-order valence-corrected chi connectivity index (χ1v) is 6.72. The lowest BCUT2D eigenvalue weighted by atomic mass is 10.2. The van der Waals surface area contributed by atoms with Gasteiger partial charge < -0.3 is 10.3 Å². The van der Waals surface area contributed by atoms with Gasteiger partial charge >= 0.3 is 0 Å². The molecule has 16 heavy (non-hydrogen) atoms. The lowest BCUT2D eigenvalue weighted by Gasteiger charge is -2.11. The number of aromatic nitrogens is 2. The van der Waals surface area contributed by atoms with Crippen LogP contribution in [0.2, 0.25) is 0 Å². The Balaban J connectivity index is 1.98. The second-order valence-corrected chi connectivity index (χ2v) is 5.61. The van der Waals surface area contributed by atoms with Crippen LogP contribution in [0.3, 0.4) is 0 Å². The first-order chi connectivity index (χ1) is 7.84. The summed E-state index contributed by atoms with van der Waals surface area (Å²) in [5, 5.41) is 0.708. The molecule has 0 spiro atoms. The topological polar surface area (TPSA) is 43.8 Å². The molecule has 1 unspecified atom stereocenters. The van der Waals surface area contributed by atoms with Gasteiger partial charge in [0.2, 0.25) is 5.95 Å². The maximum absolute atomic E-state index is 5.97. The van der Waals surface area contributed by atoms with Gasteiger partial charge in [-0.15, -0.1) is 0 Å². The van der Waals surface area contributed by atoms with E-state index in [1.165, 1.54) is 18.6 Å². The highest BCUT2D eigenvalue weighted by atomic mass is 32.2. The van der Waals surface area contributed by atoms with E-state index in [1.54, 1.807) is 0 Å². The maximum atomic E-state index is 5.97. The standard InChI is InChI=1S/C12H15N3S/c13-12-14-10-5-1-2-6-11(10)15(12)8-9-4-3-7-16-9/h1-2,5-6,9H,3-4,7-8H2,(H2,13,14). The zero-order chi connectivity index (χ0) is 11.0. The fraction of sp³-hybridized carbons (Fsp3) is 0.417. The SMILES string of the molecule is Nc1nc2ccccc2n1CC1CCCS1. The van der Waals surface area contributed by atoms with Crippen molar-refractivity contribution in [1.29, 1.82) is 0 Å². The molecule has 0 amide bonds. The molecule has 84 valence electrons. The zero-order valence-corrected chi connectivity index (χ0v) is 9.91. The Kier molecular flexibility index (Phi) is 2.52. The third kappa shape index (κ3) is 1.67. The molecule has 0 radical (unpaired) electrons. The van der Waals surface area contributed by atoms with Crippen LogP contribution in [-0.2, 0) is 6.54 Å². The fourth-order valence-electron chi connectivity index (χ4n) is 2.28. The number of hydrogen-bond acceptors (Lipinski definition) is 3. The Hall–Kier alpha value is -1.16. The molecule has 1 saturated heterocycles. The first-order valence-electron chi connectivity index (χ1n) is 5.67. The molecule has 2 N–H and O–H groups in total. The molecule has 0 aliphatic carbocycles. The number of nitrogens with zero attached hydrogens (tertiary/aromatic N) is 2. The van der Waals surface area contributed by atoms with Gasteiger partial charge in [-0.2, -0.15) is 11.8 Å². The molecule has 1 atom stereocenters. The summed E-state index contributed by atoms with van der Waals surface area (Å²) in [5.74, 6) is 1.94. The quantitative estimate of drug-likeness (QED) is 0.866. The number of thioether (sulfide) groups is 1. The second-order valence-electron chi connectivity index (χ2n) is 4.20. The molecular weight excluding hydrogens is 218 g/mol. The van der Waals surface area contributed by atoms with Gasteiger partial charge in [-0.3, -0.25) is 0 Å². The largest absolute Gasteiger partial charge is 0.369 e. The van der Waals surface area contributed by atoms with Crippen molar-refractivity contribution in [1.82, 2.24) is 9.55 Å². The minimum atomic E-state index is 0.647. The zero-order valence-electron chi connectivity index (χ0n) is 9.10. The van der Waals surface area contributed by atoms with Crippen molar-refractivity contribution in [3.8, 4) is 0 Å². The summed E-state index contributed by atoms with van der Waals surface area (Å²) < 4.78 is 2.15. The number of nitrogen functional groups attached to an aromatic ring is 1. The van der Waals surface area contributed by atoms with Crippen LogP contribution in [0.15, 0.2) is 24.3 Å². The van der Waals surface area contributed by atoms with Crippen LogP contribution in [0, 0.1) is 0 Å². The van der Waals surface area contributed by atoms with Crippen molar-refractivity contribution in [2.45, 2.75) is 24.6 Å². The van der Waals surface area contributed by atoms with E-state index in [9.17, 15) is 0 Å². The lowest BCUT2D eigenvalue weighted by molar-refractivity contribution is 0.658. The van der Waals surface area contributed by atoms with Crippen molar-refractivity contribution in [3.05, 3.63) is 24.3 Å². The van der Waals surface area contributed by atoms with E-state index >= 15 is 0 Å². The number of imidazole rings is 1. The molecule has 2 heterocycles. The van der Waals surface area contributed by atoms with Crippen molar-refractivity contribution < 1.29 is 0 Å². The van der Waals surface area contributed by atoms with Crippen LogP contribution in [0.25, 0.3) is 11.0 Å². The van der Waals surface area contributed by atoms with Crippen molar-refractivity contribution >= 4 is 28.7 Å². The number of anilines is 1. The number of nitrogens with two attached hydrogens (primary N) is 1. The van der Waals surface area contributed by atoms with E-state index in [0.717, 1.165) is 17.6 Å². The maximum Gasteiger partial charge on any atom is 0.201 e. The molecule has 1 aliphatic heterocycles. The Morgan fingerprint density at radius 1 is 1.44 bits per heavy atom. The average molecular weight is 233 g/mol. The minimum Gasteiger partial charge on any atom is -0.369 e. The molecule has 3 rings (SSSR count). The summed E-state index contributed by atoms with van der Waals surface area (Å²) in [7, 11) is 0. The Bertz CT molecular complexity index is 500. The predicted molar refractivity (Wildman–Crippen MR) is 69.6 cm³/mol. The summed E-state index contributed by atoms with van der Waals surface area (Å²) in [5.41, 5.74) is 8.14. The Morgan fingerprint density at radius 2 is 2.31 bits per heavy atom. The monoisotopic (exact) mass is 233 g/mol. The number of hydrogen-bond donors (Lipinski definition) is 1. The summed E-state index contributed by atoms with van der Waals surface area (Å²) in [6.45, 7) is 0.997. The number of benzene rings is 1. The van der Waals surface area contributed by atoms with E-state index in [-0.39, 0.29) is 0 Å². The van der Waals surface area contributed by atoms with E-state index < -0.39 is 0 Å². The smallest absolute Gasteiger partial charge is 0.201 e. The molecule has 0 saturated carbocycles. The number of fused-ring (bicyclic) bond motifs is 1. The Morgan fingerprint density at radius 3 is 3.12 bits per heavy atom. The average Bonchev–Trinajstić information content (AvgIpc) is 2.89. The number of rotatable bonds is 2. The molecule has 3 nitrogen and oxygen atoms in total. The van der Waals surface area contributed by atoms with Gasteiger partial charge in [0, 0.05) is 11.8 Å². The predicted octanol–water partition coefficient (Wildman–Crippen LogP) is 2.51. The molecule has 0 bridgehead atoms. The van der Waals surface area contributed by atoms with Gasteiger partial charge in [-0.1, -0.05) is 12.1 Å². The first kappa shape index (κ1) is 10.0. The molecule has 1 aliphatic rings. The van der Waals surface area contributed by atoms with Gasteiger partial charge in [-0.05, 0) is 30.7 Å². The van der Waals surface area contributed by atoms with E-state index in [4.69, 9.17) is 5.73 Å². The van der Waals surface area contributed by atoms with Gasteiger partial charge in [-0.25, -0.2) is 4.98 Å². The number of para-hydroxylation sites is 2. The van der Waals surface area contributed by atoms with Crippen molar-refractivity contribution in [2.75, 3.05) is 11.5 Å². The molecule has 1 aromatic heterocycles. The summed E-state index contributed by atoms with van der Waals surface area (Å²) in [4.78, 5) is 4.39. The van der Waals surface area contributed by atoms with Crippen molar-refractivity contribution in [2.24, 2.45) is 0 Å². The molecule has 2 aromatic rings. The second kappa shape index (κ2) is 4.01. The van der Waals surface area contributed by atoms with Crippen LogP contribution in [-0.4, -0.2) is 20.6 Å². The van der Waals surface area contributed by atoms with Crippen LogP contribution in [0.1, 0.15) is 12.8 Å². The third-order valence-corrected chi connectivity index (χ3v) is 4.47. The highest BCUT2D eigenvalue weighted by Crippen LogP contribution is 2.29. The summed E-state index contributed by atoms with van der Waals surface area (Å²) in [6.07, 6.45) is 2.64. The van der Waals surface area contributed by atoms with Gasteiger partial charge in [0.05, 0.1) is 11.0 Å². The third-order valence-electron chi connectivity index (χ3n) is 3.09. The van der Waals surface area contributed by atoms with Crippen LogP contribution < -0.4 is 5.73 Å². The molecular formula is C12H15N3S. The fourth-order valence-corrected chi connectivity index (χ4v) is 3.53. The minimum absolute atomic E-state index is 0.647. The van der Waals surface area contributed by atoms with Gasteiger partial charge in [0.1, 0.15) is 0 Å². The molecule has 1 aromatic carbocycles. The van der Waals surface area contributed by atoms with Gasteiger partial charge in [0.15, 0.2) is 0 Å². The summed E-state index contributed by atoms with van der Waals surface area (Å²) in [6, 6.07) is 8.16. The van der Waals surface area contributed by atoms with Crippen LogP contribution >= 0.6 is 11.8 Å². The van der Waals surface area contributed by atoms with Crippen molar-refractivity contribution in [3.63, 3.8) is 0 Å². The van der Waals surface area contributed by atoms with Gasteiger partial charge in [0.25, 0.3) is 0 Å². The summed E-state index contributed by atoms with van der Waals surface area (Å²) >= 11 is 2.05. The Labute approximate surface area is 99.0 Å². The van der Waals surface area contributed by atoms with Crippen LogP contribution in [0.5, 0.6) is 0 Å². The normalized spacial score (nSPS) is 20.6.